The van der Waals surface area contributed by atoms with Crippen LogP contribution in [0.1, 0.15) is 11.1 Å². The quantitative estimate of drug-likeness (QED) is 0.377. The number of hydrogen-bond acceptors (Lipinski definition) is 5. The molecule has 0 saturated carbocycles. The van der Waals surface area contributed by atoms with E-state index in [1.165, 1.54) is 16.7 Å². The zero-order valence-corrected chi connectivity index (χ0v) is 19.7. The van der Waals surface area contributed by atoms with Crippen molar-refractivity contribution in [2.45, 2.75) is 13.8 Å². The van der Waals surface area contributed by atoms with Crippen molar-refractivity contribution in [2.75, 3.05) is 23.0 Å². The minimum Gasteiger partial charge on any atom is -0.357 e. The molecular weight excluding hydrogens is 459 g/mol. The lowest BCUT2D eigenvalue weighted by Gasteiger charge is -2.15. The average molecular weight is 481 g/mol. The predicted octanol–water partition coefficient (Wildman–Crippen LogP) is 5.09. The lowest BCUT2D eigenvalue weighted by Crippen LogP contribution is -2.22. The first-order valence-corrected chi connectivity index (χ1v) is 10.8. The van der Waals surface area contributed by atoms with Gasteiger partial charge >= 0.3 is 6.03 Å². The molecule has 0 fully saturated rings. The number of benzene rings is 2. The Morgan fingerprint density at radius 2 is 1.82 bits per heavy atom. The van der Waals surface area contributed by atoms with Crippen molar-refractivity contribution in [3.05, 3.63) is 74.9 Å². The molecule has 0 aliphatic heterocycles. The van der Waals surface area contributed by atoms with Crippen molar-refractivity contribution in [2.24, 2.45) is 7.05 Å². The van der Waals surface area contributed by atoms with E-state index in [-0.39, 0.29) is 11.2 Å². The first-order valence-electron chi connectivity index (χ1n) is 10.4. The second-order valence-corrected chi connectivity index (χ2v) is 8.19. The Hall–Kier alpha value is -3.98. The fourth-order valence-corrected chi connectivity index (χ4v) is 3.81. The van der Waals surface area contributed by atoms with E-state index in [0.717, 1.165) is 0 Å². The molecule has 2 heterocycles. The third-order valence-corrected chi connectivity index (χ3v) is 5.95. The molecule has 3 N–H and O–H groups in total. The van der Waals surface area contributed by atoms with E-state index in [1.807, 2.05) is 0 Å². The number of fused-ring (bicyclic) bond motifs is 1. The van der Waals surface area contributed by atoms with Gasteiger partial charge in [-0.3, -0.25) is 9.36 Å². The van der Waals surface area contributed by atoms with Crippen LogP contribution in [0.2, 0.25) is 5.02 Å². The number of halogens is 2. The summed E-state index contributed by atoms with van der Waals surface area (Å²) >= 11 is 6.10. The third-order valence-electron chi connectivity index (χ3n) is 5.54. The number of pyridine rings is 1. The molecule has 0 aliphatic carbocycles. The molecule has 34 heavy (non-hydrogen) atoms. The summed E-state index contributed by atoms with van der Waals surface area (Å²) in [5.74, 6) is -0.237. The average Bonchev–Trinajstić information content (AvgIpc) is 2.81. The molecule has 0 radical (unpaired) electrons. The van der Waals surface area contributed by atoms with Crippen molar-refractivity contribution < 1.29 is 9.18 Å². The van der Waals surface area contributed by atoms with Gasteiger partial charge in [-0.15, -0.1) is 0 Å². The van der Waals surface area contributed by atoms with Crippen LogP contribution in [-0.2, 0) is 7.05 Å². The number of aromatic nitrogens is 3. The fraction of sp³-hybridized carbons (Fsp3) is 0.167. The van der Waals surface area contributed by atoms with E-state index in [2.05, 4.69) is 25.9 Å². The van der Waals surface area contributed by atoms with Gasteiger partial charge in [0.1, 0.15) is 11.5 Å². The van der Waals surface area contributed by atoms with E-state index in [1.54, 1.807) is 58.4 Å². The number of hydrogen-bond donors (Lipinski definition) is 3. The Morgan fingerprint density at radius 3 is 2.56 bits per heavy atom. The van der Waals surface area contributed by atoms with Crippen LogP contribution in [0.25, 0.3) is 22.2 Å². The first kappa shape index (κ1) is 23.2. The van der Waals surface area contributed by atoms with E-state index in [9.17, 15) is 14.0 Å². The first-order chi connectivity index (χ1) is 16.2. The van der Waals surface area contributed by atoms with Crippen LogP contribution in [0.5, 0.6) is 0 Å². The van der Waals surface area contributed by atoms with Gasteiger partial charge in [-0.2, -0.15) is 4.98 Å². The number of rotatable bonds is 4. The number of nitrogens with one attached hydrogen (secondary N) is 3. The third kappa shape index (κ3) is 4.29. The molecule has 0 bridgehead atoms. The maximum atomic E-state index is 14.7. The van der Waals surface area contributed by atoms with Gasteiger partial charge in [-0.1, -0.05) is 17.7 Å². The molecule has 10 heteroatoms. The lowest BCUT2D eigenvalue weighted by atomic mass is 9.99. The Bertz CT molecular complexity index is 1500. The predicted molar refractivity (Wildman–Crippen MR) is 133 cm³/mol. The number of amides is 2. The van der Waals surface area contributed by atoms with E-state index >= 15 is 0 Å². The van der Waals surface area contributed by atoms with Crippen molar-refractivity contribution in [3.8, 4) is 11.1 Å². The minimum atomic E-state index is -0.640. The zero-order valence-electron chi connectivity index (χ0n) is 19.0. The lowest BCUT2D eigenvalue weighted by molar-refractivity contribution is 0.262. The van der Waals surface area contributed by atoms with Gasteiger partial charge < -0.3 is 16.0 Å². The molecular formula is C24H22ClFN6O2. The summed E-state index contributed by atoms with van der Waals surface area (Å²) in [6.07, 6.45) is 1.61. The molecule has 8 nitrogen and oxygen atoms in total. The maximum Gasteiger partial charge on any atom is 0.323 e. The Morgan fingerprint density at radius 1 is 1.09 bits per heavy atom. The highest BCUT2D eigenvalue weighted by Gasteiger charge is 2.17. The number of urea groups is 1. The number of carbonyl (C=O) groups is 1. The van der Waals surface area contributed by atoms with Crippen LogP contribution in [0, 0.1) is 19.7 Å². The number of aryl methyl sites for hydroxylation is 2. The number of nitrogens with zero attached hydrogens (tertiary/aromatic N) is 3. The normalized spacial score (nSPS) is 10.9. The number of anilines is 3. The van der Waals surface area contributed by atoms with Crippen molar-refractivity contribution >= 4 is 46.0 Å². The zero-order chi connectivity index (χ0) is 24.6. The summed E-state index contributed by atoms with van der Waals surface area (Å²) in [4.78, 5) is 34.3. The van der Waals surface area contributed by atoms with E-state index in [0.29, 0.717) is 49.9 Å². The maximum absolute atomic E-state index is 14.7. The minimum absolute atomic E-state index is 0.0679. The molecule has 0 spiro atoms. The highest BCUT2D eigenvalue weighted by molar-refractivity contribution is 6.31. The molecule has 0 unspecified atom stereocenters. The van der Waals surface area contributed by atoms with Gasteiger partial charge in [-0.05, 0) is 60.9 Å². The smallest absolute Gasteiger partial charge is 0.323 e. The standard InChI is InChI=1S/C24H22ClFN6O2/c1-12-8-18(26)20(30-24(34)29-19-7-5-6-17(25)13(19)2)10-15(12)16-9-14-11-28-23(27-3)31-21(14)32(4)22(16)33/h5-11H,1-4H3,(H,27,28,31)(H2,29,30,34). The topological polar surface area (TPSA) is 101 Å². The highest BCUT2D eigenvalue weighted by atomic mass is 35.5. The van der Waals surface area contributed by atoms with E-state index < -0.39 is 11.8 Å². The van der Waals surface area contributed by atoms with Gasteiger partial charge in [-0.25, -0.2) is 14.2 Å². The van der Waals surface area contributed by atoms with E-state index in [4.69, 9.17) is 11.6 Å². The van der Waals surface area contributed by atoms with Crippen molar-refractivity contribution in [1.82, 2.24) is 14.5 Å². The van der Waals surface area contributed by atoms with Gasteiger partial charge in [0.25, 0.3) is 5.56 Å². The molecule has 174 valence electrons. The molecule has 2 aromatic heterocycles. The summed E-state index contributed by atoms with van der Waals surface area (Å²) in [5, 5.41) is 9.17. The van der Waals surface area contributed by atoms with Crippen LogP contribution >= 0.6 is 11.6 Å². The molecule has 4 rings (SSSR count). The van der Waals surface area contributed by atoms with Gasteiger partial charge in [0.2, 0.25) is 5.95 Å². The van der Waals surface area contributed by atoms with Crippen LogP contribution < -0.4 is 21.5 Å². The molecule has 2 aromatic carbocycles. The largest absolute Gasteiger partial charge is 0.357 e. The van der Waals surface area contributed by atoms with Crippen LogP contribution in [-0.4, -0.2) is 27.6 Å². The molecule has 0 atom stereocenters. The molecule has 0 aliphatic rings. The van der Waals surface area contributed by atoms with Crippen molar-refractivity contribution in [3.63, 3.8) is 0 Å². The Kier molecular flexibility index (Phi) is 6.21. The van der Waals surface area contributed by atoms with Gasteiger partial charge in [0.15, 0.2) is 0 Å². The highest BCUT2D eigenvalue weighted by Crippen LogP contribution is 2.29. The Labute approximate surface area is 199 Å². The van der Waals surface area contributed by atoms with Crippen LogP contribution in [0.4, 0.5) is 26.5 Å². The van der Waals surface area contributed by atoms with Gasteiger partial charge in [0, 0.05) is 42.0 Å². The number of carbonyl (C=O) groups excluding carboxylic acids is 1. The summed E-state index contributed by atoms with van der Waals surface area (Å²) in [6, 6.07) is 8.85. The molecule has 0 saturated heterocycles. The second kappa shape index (κ2) is 9.11. The summed E-state index contributed by atoms with van der Waals surface area (Å²) in [7, 11) is 3.30. The van der Waals surface area contributed by atoms with Gasteiger partial charge in [0.05, 0.1) is 5.69 Å². The summed E-state index contributed by atoms with van der Waals surface area (Å²) < 4.78 is 16.1. The molecule has 4 aromatic rings. The van der Waals surface area contributed by atoms with Crippen LogP contribution in [0.15, 0.2) is 47.4 Å². The molecule has 2 amide bonds. The monoisotopic (exact) mass is 480 g/mol. The summed E-state index contributed by atoms with van der Waals surface area (Å²) in [6.45, 7) is 3.46. The van der Waals surface area contributed by atoms with Crippen molar-refractivity contribution in [1.29, 1.82) is 0 Å². The second-order valence-electron chi connectivity index (χ2n) is 7.78. The Balaban J connectivity index is 1.73. The fourth-order valence-electron chi connectivity index (χ4n) is 3.64. The summed E-state index contributed by atoms with van der Waals surface area (Å²) in [5.41, 5.74) is 2.63. The van der Waals surface area contributed by atoms with Crippen LogP contribution in [0.3, 0.4) is 0 Å². The SMILES string of the molecule is CNc1ncc2cc(-c3cc(NC(=O)Nc4cccc(Cl)c4C)c(F)cc3C)c(=O)n(C)c2n1.